The molecule has 5 heteroatoms. The first-order valence-electron chi connectivity index (χ1n) is 7.62. The van der Waals surface area contributed by atoms with Crippen LogP contribution in [0.15, 0.2) is 5.29 Å². The van der Waals surface area contributed by atoms with E-state index in [1.807, 2.05) is 0 Å². The minimum absolute atomic E-state index is 0.343. The Morgan fingerprint density at radius 1 is 0.895 bits per heavy atom. The average Bonchev–Trinajstić information content (AvgIpc) is 2.40. The summed E-state index contributed by atoms with van der Waals surface area (Å²) in [5, 5.41) is 3.36. The molecular formula is C14H29N3O2. The molecule has 0 aliphatic rings. The van der Waals surface area contributed by atoms with Gasteiger partial charge in [0.15, 0.2) is 0 Å². The first-order valence-corrected chi connectivity index (χ1v) is 7.62. The van der Waals surface area contributed by atoms with Gasteiger partial charge in [-0.25, -0.2) is 4.79 Å². The molecule has 0 spiro atoms. The van der Waals surface area contributed by atoms with E-state index in [1.165, 1.54) is 51.4 Å². The number of urea groups is 1. The van der Waals surface area contributed by atoms with E-state index in [-0.39, 0.29) is 0 Å². The molecule has 0 unspecified atom stereocenters. The first kappa shape index (κ1) is 17.9. The number of nitroso groups, excluding NO2 is 1. The highest BCUT2D eigenvalue weighted by molar-refractivity contribution is 5.71. The van der Waals surface area contributed by atoms with E-state index in [0.717, 1.165) is 24.3 Å². The molecule has 0 bridgehead atoms. The van der Waals surface area contributed by atoms with E-state index >= 15 is 0 Å². The highest BCUT2D eigenvalue weighted by Gasteiger charge is 2.07. The van der Waals surface area contributed by atoms with Gasteiger partial charge in [-0.1, -0.05) is 71.1 Å². The summed E-state index contributed by atoms with van der Waals surface area (Å²) in [6, 6.07) is -0.762. The van der Waals surface area contributed by atoms with Gasteiger partial charge in [-0.3, -0.25) is 0 Å². The van der Waals surface area contributed by atoms with E-state index < -0.39 is 6.03 Å². The lowest BCUT2D eigenvalue weighted by Crippen LogP contribution is -2.31. The van der Waals surface area contributed by atoms with E-state index in [0.29, 0.717) is 6.54 Å². The number of carbonyl (C=O) groups excluding carboxylic acids is 1. The number of hydrogen-bond donors (Lipinski definition) is 1. The van der Waals surface area contributed by atoms with Gasteiger partial charge in [-0.15, -0.1) is 4.91 Å². The van der Waals surface area contributed by atoms with Crippen molar-refractivity contribution in [2.24, 2.45) is 11.0 Å². The van der Waals surface area contributed by atoms with Gasteiger partial charge >= 0.3 is 6.03 Å². The Balaban J connectivity index is 3.18. The molecule has 0 aromatic heterocycles. The third kappa shape index (κ3) is 11.7. The van der Waals surface area contributed by atoms with Crippen LogP contribution in [0.5, 0.6) is 0 Å². The third-order valence-electron chi connectivity index (χ3n) is 3.33. The predicted octanol–water partition coefficient (Wildman–Crippen LogP) is 4.36. The molecule has 0 aromatic rings. The van der Waals surface area contributed by atoms with Crippen molar-refractivity contribution in [3.63, 3.8) is 0 Å². The van der Waals surface area contributed by atoms with Crippen LogP contribution in [0.1, 0.15) is 77.6 Å². The fourth-order valence-electron chi connectivity index (χ4n) is 2.12. The summed E-state index contributed by atoms with van der Waals surface area (Å²) >= 11 is 0. The Bertz CT molecular complexity index is 235. The Kier molecular flexibility index (Phi) is 12.5. The number of primary amides is 1. The van der Waals surface area contributed by atoms with Crippen molar-refractivity contribution >= 4 is 6.03 Å². The summed E-state index contributed by atoms with van der Waals surface area (Å²) in [6.45, 7) is 2.58. The van der Waals surface area contributed by atoms with Gasteiger partial charge in [0.25, 0.3) is 0 Å². The molecule has 19 heavy (non-hydrogen) atoms. The SMILES string of the molecule is CCCCCCCCCCCCCN(N=O)C(N)=O. The summed E-state index contributed by atoms with van der Waals surface area (Å²) in [7, 11) is 0. The molecule has 0 aliphatic heterocycles. The molecule has 0 rings (SSSR count). The molecule has 0 radical (unpaired) electrons. The normalized spacial score (nSPS) is 10.4. The second-order valence-corrected chi connectivity index (χ2v) is 5.08. The van der Waals surface area contributed by atoms with Gasteiger partial charge in [0, 0.05) is 6.54 Å². The van der Waals surface area contributed by atoms with Gasteiger partial charge < -0.3 is 5.73 Å². The van der Waals surface area contributed by atoms with Gasteiger partial charge in [0.1, 0.15) is 0 Å². The number of unbranched alkanes of at least 4 members (excludes halogenated alkanes) is 10. The van der Waals surface area contributed by atoms with Crippen molar-refractivity contribution < 1.29 is 4.79 Å². The van der Waals surface area contributed by atoms with Crippen molar-refractivity contribution in [1.82, 2.24) is 5.01 Å². The minimum Gasteiger partial charge on any atom is -0.350 e. The largest absolute Gasteiger partial charge is 0.350 e. The third-order valence-corrected chi connectivity index (χ3v) is 3.33. The molecule has 0 aromatic carbocycles. The second-order valence-electron chi connectivity index (χ2n) is 5.08. The number of rotatable bonds is 13. The van der Waals surface area contributed by atoms with Crippen LogP contribution in [-0.2, 0) is 0 Å². The zero-order valence-electron chi connectivity index (χ0n) is 12.3. The highest BCUT2D eigenvalue weighted by Crippen LogP contribution is 2.11. The average molecular weight is 271 g/mol. The molecular weight excluding hydrogens is 242 g/mol. The van der Waals surface area contributed by atoms with Crippen molar-refractivity contribution in [2.75, 3.05) is 6.54 Å². The molecule has 5 nitrogen and oxygen atoms in total. The summed E-state index contributed by atoms with van der Waals surface area (Å²) < 4.78 is 0. The topological polar surface area (TPSA) is 75.8 Å². The van der Waals surface area contributed by atoms with E-state index in [9.17, 15) is 9.70 Å². The maximum absolute atomic E-state index is 10.7. The maximum Gasteiger partial charge on any atom is 0.337 e. The van der Waals surface area contributed by atoms with Crippen molar-refractivity contribution in [3.8, 4) is 0 Å². The Labute approximate surface area is 116 Å². The maximum atomic E-state index is 10.7. The zero-order valence-corrected chi connectivity index (χ0v) is 12.3. The number of amides is 2. The Hall–Kier alpha value is -1.13. The van der Waals surface area contributed by atoms with Gasteiger partial charge in [0.05, 0.1) is 5.29 Å². The van der Waals surface area contributed by atoms with Gasteiger partial charge in [-0.05, 0) is 6.42 Å². The molecule has 0 saturated heterocycles. The van der Waals surface area contributed by atoms with E-state index in [4.69, 9.17) is 5.73 Å². The van der Waals surface area contributed by atoms with Crippen molar-refractivity contribution in [3.05, 3.63) is 4.91 Å². The monoisotopic (exact) mass is 271 g/mol. The van der Waals surface area contributed by atoms with Crippen LogP contribution in [0.2, 0.25) is 0 Å². The smallest absolute Gasteiger partial charge is 0.337 e. The summed E-state index contributed by atoms with van der Waals surface area (Å²) in [5.74, 6) is 0. The molecule has 0 aliphatic carbocycles. The van der Waals surface area contributed by atoms with Crippen LogP contribution in [0, 0.1) is 4.91 Å². The molecule has 2 N–H and O–H groups in total. The highest BCUT2D eigenvalue weighted by atomic mass is 16.3. The lowest BCUT2D eigenvalue weighted by molar-refractivity contribution is 0.207. The summed E-state index contributed by atoms with van der Waals surface area (Å²) in [6.07, 6.45) is 13.6. The van der Waals surface area contributed by atoms with Crippen LogP contribution >= 0.6 is 0 Å². The molecule has 0 saturated carbocycles. The standard InChI is InChI=1S/C14H29N3O2/c1-2-3-4-5-6-7-8-9-10-11-12-13-17(16-19)14(15)18/h2-13H2,1H3,(H2,15,18). The lowest BCUT2D eigenvalue weighted by atomic mass is 10.1. The number of nitrogens with two attached hydrogens (primary N) is 1. The Morgan fingerprint density at radius 3 is 1.68 bits per heavy atom. The first-order chi connectivity index (χ1) is 9.22. The number of nitrogens with zero attached hydrogens (tertiary/aromatic N) is 2. The Morgan fingerprint density at radius 2 is 1.32 bits per heavy atom. The second kappa shape index (κ2) is 13.3. The van der Waals surface area contributed by atoms with Crippen LogP contribution in [0.25, 0.3) is 0 Å². The van der Waals surface area contributed by atoms with E-state index in [2.05, 4.69) is 12.2 Å². The molecule has 0 fully saturated rings. The van der Waals surface area contributed by atoms with Crippen LogP contribution in [-0.4, -0.2) is 17.6 Å². The molecule has 0 atom stereocenters. The van der Waals surface area contributed by atoms with Crippen LogP contribution in [0.3, 0.4) is 0 Å². The fourth-order valence-corrected chi connectivity index (χ4v) is 2.12. The molecule has 112 valence electrons. The number of hydrogen-bond acceptors (Lipinski definition) is 3. The van der Waals surface area contributed by atoms with Gasteiger partial charge in [-0.2, -0.15) is 5.01 Å². The predicted molar refractivity (Wildman–Crippen MR) is 78.5 cm³/mol. The van der Waals surface area contributed by atoms with Crippen LogP contribution < -0.4 is 5.73 Å². The summed E-state index contributed by atoms with van der Waals surface area (Å²) in [5.41, 5.74) is 4.97. The van der Waals surface area contributed by atoms with E-state index in [1.54, 1.807) is 0 Å². The number of carbonyl (C=O) groups is 1. The fraction of sp³-hybridized carbons (Fsp3) is 0.929. The van der Waals surface area contributed by atoms with Crippen molar-refractivity contribution in [1.29, 1.82) is 0 Å². The van der Waals surface area contributed by atoms with Crippen LogP contribution in [0.4, 0.5) is 4.79 Å². The molecule has 0 heterocycles. The zero-order chi connectivity index (χ0) is 14.3. The quantitative estimate of drug-likeness (QED) is 0.307. The summed E-state index contributed by atoms with van der Waals surface area (Å²) in [4.78, 5) is 20.9. The lowest BCUT2D eigenvalue weighted by Gasteiger charge is -2.09. The van der Waals surface area contributed by atoms with Crippen molar-refractivity contribution in [2.45, 2.75) is 77.6 Å². The van der Waals surface area contributed by atoms with Gasteiger partial charge in [0.2, 0.25) is 0 Å². The minimum atomic E-state index is -0.762. The molecule has 2 amide bonds.